The van der Waals surface area contributed by atoms with Crippen molar-refractivity contribution in [3.63, 3.8) is 0 Å². The van der Waals surface area contributed by atoms with E-state index < -0.39 is 9.84 Å². The van der Waals surface area contributed by atoms with Gasteiger partial charge in [0.2, 0.25) is 0 Å². The van der Waals surface area contributed by atoms with Crippen molar-refractivity contribution in [1.29, 1.82) is 0 Å². The van der Waals surface area contributed by atoms with Gasteiger partial charge in [-0.15, -0.1) is 0 Å². The van der Waals surface area contributed by atoms with E-state index in [1.165, 1.54) is 19.3 Å². The summed E-state index contributed by atoms with van der Waals surface area (Å²) in [6, 6.07) is 6.84. The Kier molecular flexibility index (Phi) is 11.9. The van der Waals surface area contributed by atoms with E-state index in [9.17, 15) is 8.42 Å². The van der Waals surface area contributed by atoms with Gasteiger partial charge < -0.3 is 4.74 Å². The Bertz CT molecular complexity index is 479. The molecular formula is C18H32O3S. The summed E-state index contributed by atoms with van der Waals surface area (Å²) < 4.78 is 29.2. The van der Waals surface area contributed by atoms with Crippen LogP contribution in [0.1, 0.15) is 66.2 Å². The van der Waals surface area contributed by atoms with Crippen LogP contribution in [0.4, 0.5) is 0 Å². The third-order valence-corrected chi connectivity index (χ3v) is 5.04. The summed E-state index contributed by atoms with van der Waals surface area (Å²) in [6.07, 6.45) is 7.25. The van der Waals surface area contributed by atoms with Crippen molar-refractivity contribution in [2.75, 3.05) is 12.4 Å². The van der Waals surface area contributed by atoms with Crippen molar-refractivity contribution in [3.8, 4) is 5.75 Å². The number of unbranched alkanes of at least 4 members (excludes halogenated alkanes) is 4. The maximum atomic E-state index is 11.8. The van der Waals surface area contributed by atoms with Gasteiger partial charge in [0, 0.05) is 0 Å². The third kappa shape index (κ3) is 8.42. The molecule has 0 aliphatic heterocycles. The topological polar surface area (TPSA) is 43.4 Å². The molecule has 1 aromatic rings. The molecule has 0 amide bonds. The summed E-state index contributed by atoms with van der Waals surface area (Å²) in [5, 5.41) is 0. The first kappa shape index (κ1) is 21.0. The van der Waals surface area contributed by atoms with Crippen LogP contribution in [0.2, 0.25) is 0 Å². The molecule has 0 heterocycles. The molecule has 4 heteroatoms. The summed E-state index contributed by atoms with van der Waals surface area (Å²) in [7, 11) is -3.20. The fraction of sp³-hybridized carbons (Fsp3) is 0.667. The standard InChI is InChI=1S/C13H20O3S.C5H12/c1-3-5-8-11-16-12-9-6-7-10-13(12)17(14,15)4-2;1-3-5-4-2/h6-7,9-10H,3-5,8,11H2,1-2H3;3-5H2,1-2H3. The van der Waals surface area contributed by atoms with E-state index in [2.05, 4.69) is 20.8 Å². The van der Waals surface area contributed by atoms with Crippen LogP contribution in [0.3, 0.4) is 0 Å². The molecule has 3 nitrogen and oxygen atoms in total. The highest BCUT2D eigenvalue weighted by molar-refractivity contribution is 7.91. The number of rotatable bonds is 9. The van der Waals surface area contributed by atoms with Crippen molar-refractivity contribution in [2.24, 2.45) is 0 Å². The number of benzene rings is 1. The minimum absolute atomic E-state index is 0.0995. The summed E-state index contributed by atoms with van der Waals surface area (Å²) >= 11 is 0. The average Bonchev–Trinajstić information content (AvgIpc) is 2.53. The lowest BCUT2D eigenvalue weighted by molar-refractivity contribution is 0.298. The zero-order chi connectivity index (χ0) is 16.8. The Morgan fingerprint density at radius 3 is 1.95 bits per heavy atom. The Hall–Kier alpha value is -1.03. The lowest BCUT2D eigenvalue weighted by atomic mass is 10.3. The molecule has 0 saturated heterocycles. The molecule has 0 aliphatic carbocycles. The first-order chi connectivity index (χ1) is 10.5. The van der Waals surface area contributed by atoms with Gasteiger partial charge in [0.15, 0.2) is 9.84 Å². The van der Waals surface area contributed by atoms with E-state index in [1.807, 2.05) is 0 Å². The van der Waals surface area contributed by atoms with Gasteiger partial charge in [-0.1, -0.05) is 71.9 Å². The molecule has 0 aromatic heterocycles. The van der Waals surface area contributed by atoms with Crippen LogP contribution < -0.4 is 4.74 Å². The van der Waals surface area contributed by atoms with Crippen molar-refractivity contribution < 1.29 is 13.2 Å². The van der Waals surface area contributed by atoms with E-state index >= 15 is 0 Å². The lowest BCUT2D eigenvalue weighted by Gasteiger charge is -2.10. The molecular weight excluding hydrogens is 296 g/mol. The molecule has 0 unspecified atom stereocenters. The quantitative estimate of drug-likeness (QED) is 0.582. The summed E-state index contributed by atoms with van der Waals surface area (Å²) in [5.41, 5.74) is 0. The molecule has 0 spiro atoms. The van der Waals surface area contributed by atoms with Crippen LogP contribution in [-0.2, 0) is 9.84 Å². The zero-order valence-corrected chi connectivity index (χ0v) is 15.4. The van der Waals surface area contributed by atoms with Crippen molar-refractivity contribution in [3.05, 3.63) is 24.3 Å². The molecule has 0 bridgehead atoms. The van der Waals surface area contributed by atoms with Crippen LogP contribution in [-0.4, -0.2) is 20.8 Å². The van der Waals surface area contributed by atoms with E-state index in [4.69, 9.17) is 4.74 Å². The van der Waals surface area contributed by atoms with Crippen molar-refractivity contribution >= 4 is 9.84 Å². The number of hydrogen-bond donors (Lipinski definition) is 0. The first-order valence-electron chi connectivity index (χ1n) is 8.47. The molecule has 22 heavy (non-hydrogen) atoms. The number of sulfone groups is 1. The van der Waals surface area contributed by atoms with E-state index in [1.54, 1.807) is 31.2 Å². The minimum Gasteiger partial charge on any atom is -0.492 e. The molecule has 0 fully saturated rings. The molecule has 1 aromatic carbocycles. The Labute approximate surface area is 137 Å². The van der Waals surface area contributed by atoms with Gasteiger partial charge in [-0.25, -0.2) is 8.42 Å². The monoisotopic (exact) mass is 328 g/mol. The molecule has 0 radical (unpaired) electrons. The minimum atomic E-state index is -3.20. The number of hydrogen-bond acceptors (Lipinski definition) is 3. The summed E-state index contributed by atoms with van der Waals surface area (Å²) in [5.74, 6) is 0.577. The first-order valence-corrected chi connectivity index (χ1v) is 10.1. The van der Waals surface area contributed by atoms with Crippen LogP contribution in [0.15, 0.2) is 29.2 Å². The van der Waals surface area contributed by atoms with Crippen LogP contribution in [0, 0.1) is 0 Å². The summed E-state index contributed by atoms with van der Waals surface area (Å²) in [6.45, 7) is 8.76. The van der Waals surface area contributed by atoms with Gasteiger partial charge in [0.1, 0.15) is 10.6 Å². The smallest absolute Gasteiger partial charge is 0.181 e. The Morgan fingerprint density at radius 1 is 0.864 bits per heavy atom. The van der Waals surface area contributed by atoms with Crippen LogP contribution in [0.5, 0.6) is 5.75 Å². The largest absolute Gasteiger partial charge is 0.492 e. The third-order valence-electron chi connectivity index (χ3n) is 3.28. The van der Waals surface area contributed by atoms with Gasteiger partial charge in [-0.05, 0) is 18.6 Å². The predicted octanol–water partition coefficient (Wildman–Crippen LogP) is 5.25. The highest BCUT2D eigenvalue weighted by Gasteiger charge is 2.16. The second-order valence-electron chi connectivity index (χ2n) is 5.26. The van der Waals surface area contributed by atoms with Crippen molar-refractivity contribution in [1.82, 2.24) is 0 Å². The molecule has 1 rings (SSSR count). The van der Waals surface area contributed by atoms with Gasteiger partial charge >= 0.3 is 0 Å². The van der Waals surface area contributed by atoms with E-state index in [0.717, 1.165) is 19.3 Å². The summed E-state index contributed by atoms with van der Waals surface area (Å²) in [4.78, 5) is 0.305. The van der Waals surface area contributed by atoms with Crippen molar-refractivity contribution in [2.45, 2.75) is 71.1 Å². The lowest BCUT2D eigenvalue weighted by Crippen LogP contribution is -2.07. The highest BCUT2D eigenvalue weighted by Crippen LogP contribution is 2.24. The maximum absolute atomic E-state index is 11.8. The maximum Gasteiger partial charge on any atom is 0.181 e. The Morgan fingerprint density at radius 2 is 1.45 bits per heavy atom. The SMILES string of the molecule is CCCCC.CCCCCOc1ccccc1S(=O)(=O)CC. The van der Waals surface area contributed by atoms with Gasteiger partial charge in [0.25, 0.3) is 0 Å². The normalized spacial score (nSPS) is 10.7. The molecule has 0 atom stereocenters. The Balaban J connectivity index is 0.000000763. The van der Waals surface area contributed by atoms with E-state index in [-0.39, 0.29) is 5.75 Å². The average molecular weight is 329 g/mol. The molecule has 128 valence electrons. The van der Waals surface area contributed by atoms with Gasteiger partial charge in [-0.2, -0.15) is 0 Å². The highest BCUT2D eigenvalue weighted by atomic mass is 32.2. The number of ether oxygens (including phenoxy) is 1. The second kappa shape index (κ2) is 12.5. The number of para-hydroxylation sites is 1. The van der Waals surface area contributed by atoms with Crippen LogP contribution in [0.25, 0.3) is 0 Å². The van der Waals surface area contributed by atoms with Crippen LogP contribution >= 0.6 is 0 Å². The fourth-order valence-electron chi connectivity index (χ4n) is 1.87. The molecule has 0 N–H and O–H groups in total. The molecule has 0 aliphatic rings. The predicted molar refractivity (Wildman–Crippen MR) is 94.4 cm³/mol. The van der Waals surface area contributed by atoms with Gasteiger partial charge in [0.05, 0.1) is 12.4 Å². The second-order valence-corrected chi connectivity index (χ2v) is 7.51. The zero-order valence-electron chi connectivity index (χ0n) is 14.6. The van der Waals surface area contributed by atoms with E-state index in [0.29, 0.717) is 17.3 Å². The molecule has 0 saturated carbocycles. The van der Waals surface area contributed by atoms with Gasteiger partial charge in [-0.3, -0.25) is 0 Å². The fourth-order valence-corrected chi connectivity index (χ4v) is 2.90.